The Balaban J connectivity index is 1.55. The van der Waals surface area contributed by atoms with Crippen molar-refractivity contribution in [3.8, 4) is 0 Å². The summed E-state index contributed by atoms with van der Waals surface area (Å²) in [6.07, 6.45) is 4.45. The molecule has 1 unspecified atom stereocenters. The Hall–Kier alpha value is -2.13. The molecule has 2 aliphatic heterocycles. The van der Waals surface area contributed by atoms with Crippen molar-refractivity contribution in [1.29, 1.82) is 0 Å². The molecule has 25 heavy (non-hydrogen) atoms. The molecular formula is C22H25NO2. The van der Waals surface area contributed by atoms with E-state index in [9.17, 15) is 4.79 Å². The summed E-state index contributed by atoms with van der Waals surface area (Å²) in [5.41, 5.74) is 1.99. The standard InChI is InChI=1S/C22H25NO2/c1-23-18-12-13-19(23)15-20(14-18)25-22(24)21(16-8-4-2-5-9-16)17-10-6-3-7-11-17/h2-11,18-21H,12-15H2,1H3/t18-,19+,20?. The Bertz CT molecular complexity index is 662. The number of nitrogens with zero attached hydrogens (tertiary/aromatic N) is 1. The summed E-state index contributed by atoms with van der Waals surface area (Å²) in [5, 5.41) is 0. The summed E-state index contributed by atoms with van der Waals surface area (Å²) in [6.45, 7) is 0. The molecule has 2 aromatic carbocycles. The highest BCUT2D eigenvalue weighted by atomic mass is 16.5. The fourth-order valence-corrected chi connectivity index (χ4v) is 4.45. The lowest BCUT2D eigenvalue weighted by Gasteiger charge is -2.36. The Morgan fingerprint density at radius 1 is 0.920 bits per heavy atom. The van der Waals surface area contributed by atoms with Crippen molar-refractivity contribution in [2.45, 2.75) is 49.8 Å². The van der Waals surface area contributed by atoms with Gasteiger partial charge in [-0.1, -0.05) is 60.7 Å². The number of carbonyl (C=O) groups excluding carboxylic acids is 1. The van der Waals surface area contributed by atoms with Gasteiger partial charge < -0.3 is 9.64 Å². The second kappa shape index (κ2) is 7.01. The molecule has 2 saturated heterocycles. The molecule has 2 bridgehead atoms. The van der Waals surface area contributed by atoms with Crippen LogP contribution in [0.2, 0.25) is 0 Å². The Labute approximate surface area is 149 Å². The third-order valence-electron chi connectivity index (χ3n) is 5.84. The Morgan fingerprint density at radius 3 is 1.88 bits per heavy atom. The summed E-state index contributed by atoms with van der Waals surface area (Å²) in [4.78, 5) is 15.6. The lowest BCUT2D eigenvalue weighted by Crippen LogP contribution is -2.43. The molecule has 0 aromatic heterocycles. The van der Waals surface area contributed by atoms with Crippen LogP contribution in [-0.4, -0.2) is 36.1 Å². The Morgan fingerprint density at radius 2 is 1.40 bits per heavy atom. The van der Waals surface area contributed by atoms with Gasteiger partial charge in [0, 0.05) is 12.1 Å². The SMILES string of the molecule is CN1[C@@H]2CC[C@H]1CC(OC(=O)C(c1ccccc1)c1ccccc1)C2. The number of hydrogen-bond donors (Lipinski definition) is 0. The van der Waals surface area contributed by atoms with E-state index in [0.29, 0.717) is 12.1 Å². The molecule has 2 heterocycles. The number of carbonyl (C=O) groups is 1. The smallest absolute Gasteiger partial charge is 0.318 e. The molecule has 130 valence electrons. The fourth-order valence-electron chi connectivity index (χ4n) is 4.45. The van der Waals surface area contributed by atoms with Crippen LogP contribution in [0.3, 0.4) is 0 Å². The van der Waals surface area contributed by atoms with E-state index in [4.69, 9.17) is 4.74 Å². The van der Waals surface area contributed by atoms with Crippen molar-refractivity contribution < 1.29 is 9.53 Å². The highest BCUT2D eigenvalue weighted by Crippen LogP contribution is 2.36. The van der Waals surface area contributed by atoms with Gasteiger partial charge in [-0.2, -0.15) is 0 Å². The van der Waals surface area contributed by atoms with Gasteiger partial charge in [-0.3, -0.25) is 4.79 Å². The zero-order chi connectivity index (χ0) is 17.2. The van der Waals surface area contributed by atoms with E-state index in [2.05, 4.69) is 11.9 Å². The minimum atomic E-state index is -0.347. The van der Waals surface area contributed by atoms with Gasteiger partial charge in [0.2, 0.25) is 0 Å². The van der Waals surface area contributed by atoms with Crippen LogP contribution in [0.1, 0.15) is 42.7 Å². The lowest BCUT2D eigenvalue weighted by atomic mass is 9.91. The zero-order valence-corrected chi connectivity index (χ0v) is 14.7. The van der Waals surface area contributed by atoms with Gasteiger partial charge in [-0.05, 0) is 43.9 Å². The number of fused-ring (bicyclic) bond motifs is 2. The monoisotopic (exact) mass is 335 g/mol. The first-order chi connectivity index (χ1) is 12.2. The first-order valence-corrected chi connectivity index (χ1v) is 9.24. The topological polar surface area (TPSA) is 29.5 Å². The highest BCUT2D eigenvalue weighted by Gasteiger charge is 2.40. The molecule has 0 spiro atoms. The van der Waals surface area contributed by atoms with Crippen LogP contribution in [0.25, 0.3) is 0 Å². The maximum Gasteiger partial charge on any atom is 0.318 e. The third kappa shape index (κ3) is 3.34. The maximum atomic E-state index is 13.1. The molecule has 3 heteroatoms. The summed E-state index contributed by atoms with van der Waals surface area (Å²) in [5.74, 6) is -0.467. The molecule has 2 aromatic rings. The van der Waals surface area contributed by atoms with E-state index >= 15 is 0 Å². The average molecular weight is 335 g/mol. The molecule has 4 rings (SSSR count). The zero-order valence-electron chi connectivity index (χ0n) is 14.7. The van der Waals surface area contributed by atoms with Crippen LogP contribution in [-0.2, 0) is 9.53 Å². The fraction of sp³-hybridized carbons (Fsp3) is 0.409. The van der Waals surface area contributed by atoms with Crippen molar-refractivity contribution in [3.05, 3.63) is 71.8 Å². The van der Waals surface area contributed by atoms with E-state index in [-0.39, 0.29) is 18.0 Å². The van der Waals surface area contributed by atoms with Crippen molar-refractivity contribution in [1.82, 2.24) is 4.90 Å². The first-order valence-electron chi connectivity index (χ1n) is 9.24. The van der Waals surface area contributed by atoms with Crippen LogP contribution in [0.5, 0.6) is 0 Å². The molecule has 2 fully saturated rings. The van der Waals surface area contributed by atoms with Crippen LogP contribution in [0.15, 0.2) is 60.7 Å². The number of piperidine rings is 1. The second-order valence-electron chi connectivity index (χ2n) is 7.34. The molecule has 3 atom stereocenters. The van der Waals surface area contributed by atoms with E-state index in [1.165, 1.54) is 12.8 Å². The minimum absolute atomic E-state index is 0.0520. The van der Waals surface area contributed by atoms with Crippen LogP contribution < -0.4 is 0 Å². The van der Waals surface area contributed by atoms with Gasteiger partial charge in [0.25, 0.3) is 0 Å². The van der Waals surface area contributed by atoms with E-state index in [1.807, 2.05) is 60.7 Å². The molecule has 0 saturated carbocycles. The van der Waals surface area contributed by atoms with E-state index < -0.39 is 0 Å². The number of ether oxygens (including phenoxy) is 1. The van der Waals surface area contributed by atoms with E-state index in [1.54, 1.807) is 0 Å². The quantitative estimate of drug-likeness (QED) is 0.791. The van der Waals surface area contributed by atoms with Gasteiger partial charge in [0.1, 0.15) is 12.0 Å². The first kappa shape index (κ1) is 16.3. The third-order valence-corrected chi connectivity index (χ3v) is 5.84. The summed E-state index contributed by atoms with van der Waals surface area (Å²) >= 11 is 0. The van der Waals surface area contributed by atoms with Gasteiger partial charge >= 0.3 is 5.97 Å². The number of benzene rings is 2. The normalized spacial score (nSPS) is 25.9. The number of hydrogen-bond acceptors (Lipinski definition) is 3. The van der Waals surface area contributed by atoms with Crippen molar-refractivity contribution in [3.63, 3.8) is 0 Å². The minimum Gasteiger partial charge on any atom is -0.462 e. The van der Waals surface area contributed by atoms with Crippen LogP contribution in [0, 0.1) is 0 Å². The van der Waals surface area contributed by atoms with Gasteiger partial charge in [0.05, 0.1) is 0 Å². The predicted molar refractivity (Wildman–Crippen MR) is 98.4 cm³/mol. The molecular weight excluding hydrogens is 310 g/mol. The maximum absolute atomic E-state index is 13.1. The van der Waals surface area contributed by atoms with E-state index in [0.717, 1.165) is 24.0 Å². The summed E-state index contributed by atoms with van der Waals surface area (Å²) in [7, 11) is 2.21. The van der Waals surface area contributed by atoms with Gasteiger partial charge in [0.15, 0.2) is 0 Å². The van der Waals surface area contributed by atoms with Crippen molar-refractivity contribution in [2.75, 3.05) is 7.05 Å². The lowest BCUT2D eigenvalue weighted by molar-refractivity contribution is -0.153. The van der Waals surface area contributed by atoms with Crippen molar-refractivity contribution in [2.24, 2.45) is 0 Å². The predicted octanol–water partition coefficient (Wildman–Crippen LogP) is 3.99. The molecule has 0 radical (unpaired) electrons. The number of rotatable bonds is 4. The average Bonchev–Trinajstić information content (AvgIpc) is 2.84. The highest BCUT2D eigenvalue weighted by molar-refractivity contribution is 5.82. The summed E-state index contributed by atoms with van der Waals surface area (Å²) < 4.78 is 6.03. The van der Waals surface area contributed by atoms with Gasteiger partial charge in [-0.25, -0.2) is 0 Å². The Kier molecular flexibility index (Phi) is 4.58. The summed E-state index contributed by atoms with van der Waals surface area (Å²) in [6, 6.07) is 21.1. The second-order valence-corrected chi connectivity index (χ2v) is 7.34. The largest absolute Gasteiger partial charge is 0.462 e. The molecule has 3 nitrogen and oxygen atoms in total. The molecule has 0 aliphatic carbocycles. The van der Waals surface area contributed by atoms with Crippen molar-refractivity contribution >= 4 is 5.97 Å². The molecule has 2 aliphatic rings. The van der Waals surface area contributed by atoms with Crippen LogP contribution in [0.4, 0.5) is 0 Å². The molecule has 0 N–H and O–H groups in total. The van der Waals surface area contributed by atoms with Gasteiger partial charge in [-0.15, -0.1) is 0 Å². The van der Waals surface area contributed by atoms with Crippen LogP contribution >= 0.6 is 0 Å². The number of esters is 1. The molecule has 0 amide bonds.